The number of methoxy groups -OCH3 is 1. The molecule has 106 valence electrons. The largest absolute Gasteiger partial charge is 0.469 e. The number of anilines is 1. The van der Waals surface area contributed by atoms with Gasteiger partial charge in [0.2, 0.25) is 0 Å². The number of benzene rings is 1. The summed E-state index contributed by atoms with van der Waals surface area (Å²) in [4.78, 5) is 11.0. The molecule has 0 fully saturated rings. The Labute approximate surface area is 114 Å². The zero-order valence-electron chi connectivity index (χ0n) is 11.8. The molecule has 0 bridgehead atoms. The van der Waals surface area contributed by atoms with Gasteiger partial charge in [-0.3, -0.25) is 4.79 Å². The maximum Gasteiger partial charge on any atom is 0.308 e. The average molecular weight is 265 g/mol. The smallest absolute Gasteiger partial charge is 0.308 e. The van der Waals surface area contributed by atoms with Crippen molar-refractivity contribution in [3.8, 4) is 0 Å². The fourth-order valence-electron chi connectivity index (χ4n) is 1.75. The third-order valence-electron chi connectivity index (χ3n) is 3.26. The van der Waals surface area contributed by atoms with Crippen LogP contribution < -0.4 is 5.32 Å². The van der Waals surface area contributed by atoms with Gasteiger partial charge in [0.15, 0.2) is 0 Å². The van der Waals surface area contributed by atoms with Crippen LogP contribution in [0.4, 0.5) is 5.69 Å². The highest BCUT2D eigenvalue weighted by Gasteiger charge is 2.10. The third-order valence-corrected chi connectivity index (χ3v) is 3.26. The quantitative estimate of drug-likeness (QED) is 0.744. The second-order valence-corrected chi connectivity index (χ2v) is 4.75. The molecule has 0 radical (unpaired) electrons. The lowest BCUT2D eigenvalue weighted by Gasteiger charge is -2.13. The molecule has 19 heavy (non-hydrogen) atoms. The first kappa shape index (κ1) is 15.5. The van der Waals surface area contributed by atoms with Crippen LogP contribution in [0.2, 0.25) is 0 Å². The van der Waals surface area contributed by atoms with Crippen LogP contribution in [0.1, 0.15) is 38.2 Å². The van der Waals surface area contributed by atoms with Gasteiger partial charge in [-0.2, -0.15) is 0 Å². The molecule has 1 aromatic carbocycles. The van der Waals surface area contributed by atoms with Crippen molar-refractivity contribution in [1.29, 1.82) is 0 Å². The van der Waals surface area contributed by atoms with Crippen molar-refractivity contribution >= 4 is 11.7 Å². The molecular formula is C15H23NO3. The van der Waals surface area contributed by atoms with Gasteiger partial charge in [0.1, 0.15) is 0 Å². The summed E-state index contributed by atoms with van der Waals surface area (Å²) >= 11 is 0. The number of carbonyl (C=O) groups is 1. The molecule has 0 saturated carbocycles. The Kier molecular flexibility index (Phi) is 6.36. The molecule has 4 nitrogen and oxygen atoms in total. The first-order chi connectivity index (χ1) is 9.06. The van der Waals surface area contributed by atoms with Crippen molar-refractivity contribution in [2.45, 2.75) is 38.7 Å². The van der Waals surface area contributed by atoms with Crippen LogP contribution in [-0.2, 0) is 9.53 Å². The fourth-order valence-corrected chi connectivity index (χ4v) is 1.75. The maximum atomic E-state index is 11.0. The minimum Gasteiger partial charge on any atom is -0.469 e. The van der Waals surface area contributed by atoms with Crippen LogP contribution in [0, 0.1) is 0 Å². The molecule has 4 heteroatoms. The van der Waals surface area contributed by atoms with E-state index in [2.05, 4.69) is 36.0 Å². The van der Waals surface area contributed by atoms with Gasteiger partial charge in [-0.1, -0.05) is 26.0 Å². The number of rotatable bonds is 7. The Bertz CT molecular complexity index is 389. The lowest BCUT2D eigenvalue weighted by molar-refractivity contribution is -0.142. The lowest BCUT2D eigenvalue weighted by atomic mass is 9.99. The molecule has 2 unspecified atom stereocenters. The minimum absolute atomic E-state index is 0.00839. The van der Waals surface area contributed by atoms with Crippen molar-refractivity contribution in [3.63, 3.8) is 0 Å². The number of hydrogen-bond acceptors (Lipinski definition) is 4. The molecule has 0 spiro atoms. The normalized spacial score (nSPS) is 13.7. The van der Waals surface area contributed by atoms with Gasteiger partial charge >= 0.3 is 5.97 Å². The van der Waals surface area contributed by atoms with Crippen molar-refractivity contribution in [2.24, 2.45) is 0 Å². The van der Waals surface area contributed by atoms with Crippen LogP contribution in [0.5, 0.6) is 0 Å². The molecule has 0 saturated heterocycles. The van der Waals surface area contributed by atoms with E-state index in [4.69, 9.17) is 0 Å². The third kappa shape index (κ3) is 5.30. The van der Waals surface area contributed by atoms with Crippen LogP contribution >= 0.6 is 0 Å². The zero-order valence-corrected chi connectivity index (χ0v) is 11.8. The molecule has 0 aliphatic heterocycles. The van der Waals surface area contributed by atoms with Gasteiger partial charge in [-0.25, -0.2) is 0 Å². The fraction of sp³-hybridized carbons (Fsp3) is 0.533. The second-order valence-electron chi connectivity index (χ2n) is 4.75. The summed E-state index contributed by atoms with van der Waals surface area (Å²) in [6.07, 6.45) is 0.390. The second kappa shape index (κ2) is 7.79. The minimum atomic E-state index is -0.735. The van der Waals surface area contributed by atoms with E-state index < -0.39 is 12.1 Å². The molecule has 0 aliphatic carbocycles. The van der Waals surface area contributed by atoms with Crippen molar-refractivity contribution in [1.82, 2.24) is 0 Å². The number of hydrogen-bond donors (Lipinski definition) is 2. The summed E-state index contributed by atoms with van der Waals surface area (Å²) in [6.45, 7) is 4.69. The van der Waals surface area contributed by atoms with Gasteiger partial charge in [-0.05, 0) is 30.0 Å². The van der Waals surface area contributed by atoms with Crippen LogP contribution in [0.3, 0.4) is 0 Å². The first-order valence-corrected chi connectivity index (χ1v) is 6.65. The zero-order chi connectivity index (χ0) is 14.3. The Morgan fingerprint density at radius 1 is 1.37 bits per heavy atom. The number of ether oxygens (including phenoxy) is 1. The highest BCUT2D eigenvalue weighted by atomic mass is 16.5. The predicted octanol–water partition coefficient (Wildman–Crippen LogP) is 2.54. The summed E-state index contributed by atoms with van der Waals surface area (Å²) in [5.41, 5.74) is 2.25. The van der Waals surface area contributed by atoms with Gasteiger partial charge < -0.3 is 15.2 Å². The van der Waals surface area contributed by atoms with Crippen LogP contribution in [0.25, 0.3) is 0 Å². The van der Waals surface area contributed by atoms with E-state index in [9.17, 15) is 9.90 Å². The van der Waals surface area contributed by atoms with E-state index >= 15 is 0 Å². The molecule has 1 rings (SSSR count). The van der Waals surface area contributed by atoms with Gasteiger partial charge in [0, 0.05) is 12.2 Å². The first-order valence-electron chi connectivity index (χ1n) is 6.65. The monoisotopic (exact) mass is 265 g/mol. The van der Waals surface area contributed by atoms with Crippen molar-refractivity contribution in [3.05, 3.63) is 29.8 Å². The molecule has 2 atom stereocenters. The average Bonchev–Trinajstić information content (AvgIpc) is 2.44. The summed E-state index contributed by atoms with van der Waals surface area (Å²) in [7, 11) is 1.32. The molecule has 0 aliphatic rings. The van der Waals surface area contributed by atoms with Crippen molar-refractivity contribution < 1.29 is 14.6 Å². The van der Waals surface area contributed by atoms with E-state index in [1.807, 2.05) is 12.1 Å². The summed E-state index contributed by atoms with van der Waals surface area (Å²) < 4.78 is 4.50. The molecule has 0 aromatic heterocycles. The molecule has 0 heterocycles. The van der Waals surface area contributed by atoms with E-state index in [0.29, 0.717) is 12.5 Å². The summed E-state index contributed by atoms with van der Waals surface area (Å²) in [5, 5.41) is 12.7. The van der Waals surface area contributed by atoms with E-state index in [0.717, 1.165) is 12.1 Å². The molecular weight excluding hydrogens is 242 g/mol. The van der Waals surface area contributed by atoms with E-state index in [1.54, 1.807) is 0 Å². The highest BCUT2D eigenvalue weighted by Crippen LogP contribution is 2.20. The van der Waals surface area contributed by atoms with E-state index in [-0.39, 0.29) is 6.42 Å². The van der Waals surface area contributed by atoms with Crippen LogP contribution in [0.15, 0.2) is 24.3 Å². The predicted molar refractivity (Wildman–Crippen MR) is 76.3 cm³/mol. The topological polar surface area (TPSA) is 58.6 Å². The van der Waals surface area contributed by atoms with Gasteiger partial charge in [0.25, 0.3) is 0 Å². The molecule has 2 N–H and O–H groups in total. The molecule has 1 aromatic rings. The Morgan fingerprint density at radius 2 is 2.00 bits per heavy atom. The molecule has 0 amide bonds. The van der Waals surface area contributed by atoms with Gasteiger partial charge in [-0.15, -0.1) is 0 Å². The van der Waals surface area contributed by atoms with Gasteiger partial charge in [0.05, 0.1) is 19.6 Å². The number of esters is 1. The SMILES string of the molecule is CCC(C)c1ccc(NCC(O)CC(=O)OC)cc1. The Hall–Kier alpha value is -1.55. The Balaban J connectivity index is 2.43. The highest BCUT2D eigenvalue weighted by molar-refractivity contribution is 5.69. The number of aliphatic hydroxyl groups is 1. The number of aliphatic hydroxyl groups excluding tert-OH is 1. The van der Waals surface area contributed by atoms with Crippen LogP contribution in [-0.4, -0.2) is 30.8 Å². The summed E-state index contributed by atoms with van der Waals surface area (Å²) in [6, 6.07) is 8.16. The van der Waals surface area contributed by atoms with E-state index in [1.165, 1.54) is 12.7 Å². The maximum absolute atomic E-state index is 11.0. The lowest BCUT2D eigenvalue weighted by Crippen LogP contribution is -2.23. The number of carbonyl (C=O) groups excluding carboxylic acids is 1. The standard InChI is InChI=1S/C15H23NO3/c1-4-11(2)12-5-7-13(8-6-12)16-10-14(17)9-15(18)19-3/h5-8,11,14,16-17H,4,9-10H2,1-3H3. The number of nitrogens with one attached hydrogen (secondary N) is 1. The summed E-state index contributed by atoms with van der Waals surface area (Å²) in [5.74, 6) is 0.153. The Morgan fingerprint density at radius 3 is 2.53 bits per heavy atom. The van der Waals surface area contributed by atoms with Crippen molar-refractivity contribution in [2.75, 3.05) is 19.0 Å².